The van der Waals surface area contributed by atoms with Crippen molar-refractivity contribution in [3.63, 3.8) is 0 Å². The predicted molar refractivity (Wildman–Crippen MR) is 53.4 cm³/mol. The third-order valence-corrected chi connectivity index (χ3v) is 2.04. The van der Waals surface area contributed by atoms with Crippen LogP contribution in [-0.2, 0) is 9.53 Å². The molecule has 1 rings (SSSR count). The Morgan fingerprint density at radius 3 is 2.36 bits per heavy atom. The standard InChI is InChI=1S/C10H14N2O2/c1-14-10(13)9(12)8(11)7-5-3-2-4-6-7/h2-6,8-9H,11-12H2,1H3/t8-,9-/m0/s1. The minimum atomic E-state index is -0.817. The van der Waals surface area contributed by atoms with E-state index in [0.717, 1.165) is 5.56 Å². The molecule has 0 spiro atoms. The molecule has 4 heteroatoms. The van der Waals surface area contributed by atoms with Gasteiger partial charge < -0.3 is 16.2 Å². The number of ether oxygens (including phenoxy) is 1. The Labute approximate surface area is 82.8 Å². The first-order chi connectivity index (χ1) is 6.66. The zero-order chi connectivity index (χ0) is 10.6. The molecule has 4 nitrogen and oxygen atoms in total. The monoisotopic (exact) mass is 194 g/mol. The molecule has 1 aromatic rings. The van der Waals surface area contributed by atoms with E-state index in [1.165, 1.54) is 7.11 Å². The summed E-state index contributed by atoms with van der Waals surface area (Å²) < 4.78 is 4.51. The first-order valence-corrected chi connectivity index (χ1v) is 4.30. The highest BCUT2D eigenvalue weighted by molar-refractivity contribution is 5.76. The lowest BCUT2D eigenvalue weighted by atomic mass is 10.0. The Kier molecular flexibility index (Phi) is 3.62. The van der Waals surface area contributed by atoms with E-state index in [-0.39, 0.29) is 0 Å². The van der Waals surface area contributed by atoms with Crippen molar-refractivity contribution in [1.29, 1.82) is 0 Å². The van der Waals surface area contributed by atoms with Crippen LogP contribution < -0.4 is 11.5 Å². The molecule has 0 aromatic heterocycles. The fraction of sp³-hybridized carbons (Fsp3) is 0.300. The molecule has 0 fully saturated rings. The molecule has 4 N–H and O–H groups in total. The van der Waals surface area contributed by atoms with E-state index in [4.69, 9.17) is 11.5 Å². The summed E-state index contributed by atoms with van der Waals surface area (Å²) in [7, 11) is 1.29. The zero-order valence-electron chi connectivity index (χ0n) is 8.01. The molecule has 0 aliphatic heterocycles. The van der Waals surface area contributed by atoms with Crippen molar-refractivity contribution < 1.29 is 9.53 Å². The average Bonchev–Trinajstić information content (AvgIpc) is 2.27. The third-order valence-electron chi connectivity index (χ3n) is 2.04. The van der Waals surface area contributed by atoms with Crippen LogP contribution in [0.1, 0.15) is 11.6 Å². The van der Waals surface area contributed by atoms with Gasteiger partial charge in [-0.1, -0.05) is 30.3 Å². The molecule has 0 unspecified atom stereocenters. The van der Waals surface area contributed by atoms with Crippen molar-refractivity contribution in [3.05, 3.63) is 35.9 Å². The van der Waals surface area contributed by atoms with Crippen LogP contribution >= 0.6 is 0 Å². The van der Waals surface area contributed by atoms with Gasteiger partial charge >= 0.3 is 5.97 Å². The normalized spacial score (nSPS) is 14.5. The smallest absolute Gasteiger partial charge is 0.324 e. The van der Waals surface area contributed by atoms with Crippen molar-refractivity contribution in [3.8, 4) is 0 Å². The van der Waals surface area contributed by atoms with Gasteiger partial charge in [0.15, 0.2) is 0 Å². The predicted octanol–water partition coefficient (Wildman–Crippen LogP) is 0.187. The summed E-state index contributed by atoms with van der Waals surface area (Å²) >= 11 is 0. The first-order valence-electron chi connectivity index (χ1n) is 4.30. The maximum absolute atomic E-state index is 11.1. The van der Waals surface area contributed by atoms with Crippen LogP contribution in [-0.4, -0.2) is 19.1 Å². The summed E-state index contributed by atoms with van der Waals surface area (Å²) in [5, 5.41) is 0. The highest BCUT2D eigenvalue weighted by Crippen LogP contribution is 2.12. The SMILES string of the molecule is COC(=O)[C@@H](N)[C@@H](N)c1ccccc1. The molecule has 1 aromatic carbocycles. The molecule has 2 atom stereocenters. The fourth-order valence-electron chi connectivity index (χ4n) is 1.17. The number of rotatable bonds is 3. The molecule has 0 bridgehead atoms. The average molecular weight is 194 g/mol. The second-order valence-corrected chi connectivity index (χ2v) is 2.99. The number of nitrogens with two attached hydrogens (primary N) is 2. The minimum Gasteiger partial charge on any atom is -0.468 e. The van der Waals surface area contributed by atoms with Gasteiger partial charge in [-0.2, -0.15) is 0 Å². The van der Waals surface area contributed by atoms with E-state index >= 15 is 0 Å². The van der Waals surface area contributed by atoms with E-state index in [2.05, 4.69) is 4.74 Å². The molecule has 0 radical (unpaired) electrons. The number of benzene rings is 1. The van der Waals surface area contributed by atoms with Crippen molar-refractivity contribution in [2.45, 2.75) is 12.1 Å². The molecular weight excluding hydrogens is 180 g/mol. The second-order valence-electron chi connectivity index (χ2n) is 2.99. The quantitative estimate of drug-likeness (QED) is 0.673. The Morgan fingerprint density at radius 1 is 1.29 bits per heavy atom. The van der Waals surface area contributed by atoms with Gasteiger partial charge in [-0.05, 0) is 5.56 Å². The molecular formula is C10H14N2O2. The highest BCUT2D eigenvalue weighted by atomic mass is 16.5. The second kappa shape index (κ2) is 4.74. The van der Waals surface area contributed by atoms with E-state index in [1.807, 2.05) is 30.3 Å². The summed E-state index contributed by atoms with van der Waals surface area (Å²) in [4.78, 5) is 11.1. The third kappa shape index (κ3) is 2.31. The number of carbonyl (C=O) groups excluding carboxylic acids is 1. The van der Waals surface area contributed by atoms with E-state index in [1.54, 1.807) is 0 Å². The lowest BCUT2D eigenvalue weighted by molar-refractivity contribution is -0.142. The maximum atomic E-state index is 11.1. The van der Waals surface area contributed by atoms with Crippen molar-refractivity contribution in [1.82, 2.24) is 0 Å². The van der Waals surface area contributed by atoms with Crippen LogP contribution in [0.3, 0.4) is 0 Å². The van der Waals surface area contributed by atoms with E-state index < -0.39 is 18.1 Å². The van der Waals surface area contributed by atoms with E-state index in [9.17, 15) is 4.79 Å². The van der Waals surface area contributed by atoms with Crippen molar-refractivity contribution in [2.24, 2.45) is 11.5 Å². The number of hydrogen-bond acceptors (Lipinski definition) is 4. The van der Waals surface area contributed by atoms with Gasteiger partial charge in [0.25, 0.3) is 0 Å². The Morgan fingerprint density at radius 2 is 1.86 bits per heavy atom. The molecule has 0 aliphatic rings. The summed E-state index contributed by atoms with van der Waals surface area (Å²) in [5.74, 6) is -0.499. The van der Waals surface area contributed by atoms with Gasteiger partial charge in [-0.25, -0.2) is 0 Å². The van der Waals surface area contributed by atoms with Gasteiger partial charge in [0.05, 0.1) is 13.2 Å². The number of hydrogen-bond donors (Lipinski definition) is 2. The summed E-state index contributed by atoms with van der Waals surface area (Å²) in [6.07, 6.45) is 0. The fourth-order valence-corrected chi connectivity index (χ4v) is 1.17. The van der Waals surface area contributed by atoms with Crippen LogP contribution in [0.25, 0.3) is 0 Å². The van der Waals surface area contributed by atoms with Crippen molar-refractivity contribution >= 4 is 5.97 Å². The lowest BCUT2D eigenvalue weighted by Gasteiger charge is -2.17. The summed E-state index contributed by atoms with van der Waals surface area (Å²) in [5.41, 5.74) is 12.2. The first kappa shape index (κ1) is 10.7. The van der Waals surface area contributed by atoms with Gasteiger partial charge in [-0.15, -0.1) is 0 Å². The van der Waals surface area contributed by atoms with E-state index in [0.29, 0.717) is 0 Å². The molecule has 76 valence electrons. The Bertz CT molecular complexity index is 300. The molecule has 14 heavy (non-hydrogen) atoms. The molecule has 0 heterocycles. The maximum Gasteiger partial charge on any atom is 0.324 e. The largest absolute Gasteiger partial charge is 0.468 e. The van der Waals surface area contributed by atoms with Crippen LogP contribution in [0, 0.1) is 0 Å². The lowest BCUT2D eigenvalue weighted by Crippen LogP contribution is -2.41. The van der Waals surface area contributed by atoms with Crippen molar-refractivity contribution in [2.75, 3.05) is 7.11 Å². The highest BCUT2D eigenvalue weighted by Gasteiger charge is 2.22. The molecule has 0 amide bonds. The van der Waals surface area contributed by atoms with Crippen LogP contribution in [0.2, 0.25) is 0 Å². The number of methoxy groups -OCH3 is 1. The number of carbonyl (C=O) groups is 1. The topological polar surface area (TPSA) is 78.3 Å². The Hall–Kier alpha value is -1.39. The zero-order valence-corrected chi connectivity index (χ0v) is 8.01. The van der Waals surface area contributed by atoms with Crippen LogP contribution in [0.4, 0.5) is 0 Å². The molecule has 0 saturated carbocycles. The summed E-state index contributed by atoms with van der Waals surface area (Å²) in [6.45, 7) is 0. The molecule has 0 saturated heterocycles. The van der Waals surface area contributed by atoms with Gasteiger partial charge in [-0.3, -0.25) is 4.79 Å². The molecule has 0 aliphatic carbocycles. The van der Waals surface area contributed by atoms with Gasteiger partial charge in [0, 0.05) is 0 Å². The van der Waals surface area contributed by atoms with Gasteiger partial charge in [0.1, 0.15) is 6.04 Å². The Balaban J connectivity index is 2.75. The van der Waals surface area contributed by atoms with Crippen LogP contribution in [0.5, 0.6) is 0 Å². The van der Waals surface area contributed by atoms with Crippen LogP contribution in [0.15, 0.2) is 30.3 Å². The number of esters is 1. The summed E-state index contributed by atoms with van der Waals surface area (Å²) in [6, 6.07) is 7.88. The van der Waals surface area contributed by atoms with Gasteiger partial charge in [0.2, 0.25) is 0 Å². The minimum absolute atomic E-state index is 0.499.